The molecule has 6 nitrogen and oxygen atoms in total. The smallest absolute Gasteiger partial charge is 0.183 e. The van der Waals surface area contributed by atoms with E-state index in [9.17, 15) is 0 Å². The zero-order chi connectivity index (χ0) is 11.8. The predicted octanol–water partition coefficient (Wildman–Crippen LogP) is 1.45. The Morgan fingerprint density at radius 2 is 2.00 bits per heavy atom. The summed E-state index contributed by atoms with van der Waals surface area (Å²) in [5.41, 5.74) is 7.68. The van der Waals surface area contributed by atoms with Crippen LogP contribution in [-0.4, -0.2) is 25.0 Å². The van der Waals surface area contributed by atoms with Crippen molar-refractivity contribution in [3.05, 3.63) is 35.7 Å². The Morgan fingerprint density at radius 1 is 1.18 bits per heavy atom. The summed E-state index contributed by atoms with van der Waals surface area (Å²) in [6.45, 7) is 0. The molecule has 0 atom stereocenters. The molecule has 0 saturated carbocycles. The maximum Gasteiger partial charge on any atom is 0.183 e. The van der Waals surface area contributed by atoms with E-state index in [0.717, 1.165) is 11.0 Å². The lowest BCUT2D eigenvalue weighted by atomic mass is 10.3. The summed E-state index contributed by atoms with van der Waals surface area (Å²) >= 11 is 5.84. The number of halogens is 1. The van der Waals surface area contributed by atoms with Gasteiger partial charge in [0.1, 0.15) is 17.5 Å². The summed E-state index contributed by atoms with van der Waals surface area (Å²) in [7, 11) is 0. The van der Waals surface area contributed by atoms with Gasteiger partial charge >= 0.3 is 0 Å². The molecule has 0 aliphatic carbocycles. The zero-order valence-electron chi connectivity index (χ0n) is 8.58. The molecular weight excluding hydrogens is 240 g/mol. The van der Waals surface area contributed by atoms with Crippen molar-refractivity contribution in [1.29, 1.82) is 0 Å². The van der Waals surface area contributed by atoms with Crippen molar-refractivity contribution in [3.8, 4) is 5.82 Å². The molecule has 1 aromatic carbocycles. The van der Waals surface area contributed by atoms with Gasteiger partial charge in [-0.25, -0.2) is 9.97 Å². The Morgan fingerprint density at radius 3 is 2.88 bits per heavy atom. The minimum absolute atomic E-state index is 0.203. The summed E-state index contributed by atoms with van der Waals surface area (Å²) in [5.74, 6) is 0.429. The quantitative estimate of drug-likeness (QED) is 0.657. The van der Waals surface area contributed by atoms with E-state index in [1.807, 2.05) is 24.3 Å². The lowest BCUT2D eigenvalue weighted by Crippen LogP contribution is -2.05. The van der Waals surface area contributed by atoms with Gasteiger partial charge in [0.2, 0.25) is 0 Å². The third kappa shape index (κ3) is 1.50. The fourth-order valence-electron chi connectivity index (χ4n) is 1.56. The number of para-hydroxylation sites is 1. The SMILES string of the molecule is Nc1c(Cl)ncnc1-n1nnc2ccccc21. The average molecular weight is 247 g/mol. The fourth-order valence-corrected chi connectivity index (χ4v) is 1.69. The van der Waals surface area contributed by atoms with Crippen molar-refractivity contribution in [2.24, 2.45) is 0 Å². The number of nitrogen functional groups attached to an aromatic ring is 1. The van der Waals surface area contributed by atoms with Gasteiger partial charge in [-0.05, 0) is 12.1 Å². The lowest BCUT2D eigenvalue weighted by Gasteiger charge is -2.04. The molecule has 0 radical (unpaired) electrons. The third-order valence-corrected chi connectivity index (χ3v) is 2.67. The number of benzene rings is 1. The molecule has 2 heterocycles. The Kier molecular flexibility index (Phi) is 2.15. The van der Waals surface area contributed by atoms with E-state index >= 15 is 0 Å². The Hall–Kier alpha value is -2.21. The Labute approximate surface area is 101 Å². The first kappa shape index (κ1) is 9.98. The molecule has 7 heteroatoms. The second kappa shape index (κ2) is 3.67. The molecule has 3 aromatic rings. The largest absolute Gasteiger partial charge is 0.393 e. The molecule has 0 amide bonds. The highest BCUT2D eigenvalue weighted by molar-refractivity contribution is 6.32. The third-order valence-electron chi connectivity index (χ3n) is 2.37. The highest BCUT2D eigenvalue weighted by atomic mass is 35.5. The van der Waals surface area contributed by atoms with Crippen LogP contribution >= 0.6 is 11.6 Å². The summed E-state index contributed by atoms with van der Waals surface area (Å²) in [5, 5.41) is 8.23. The number of nitrogens with zero attached hydrogens (tertiary/aromatic N) is 5. The van der Waals surface area contributed by atoms with E-state index in [2.05, 4.69) is 20.3 Å². The van der Waals surface area contributed by atoms with E-state index in [1.165, 1.54) is 11.0 Å². The minimum Gasteiger partial charge on any atom is -0.393 e. The van der Waals surface area contributed by atoms with Crippen LogP contribution in [0.3, 0.4) is 0 Å². The summed E-state index contributed by atoms with van der Waals surface area (Å²) in [6, 6.07) is 7.52. The van der Waals surface area contributed by atoms with Crippen molar-refractivity contribution in [2.75, 3.05) is 5.73 Å². The topological polar surface area (TPSA) is 82.5 Å². The molecule has 0 aliphatic heterocycles. The first-order valence-corrected chi connectivity index (χ1v) is 5.22. The van der Waals surface area contributed by atoms with E-state index in [4.69, 9.17) is 17.3 Å². The molecule has 17 heavy (non-hydrogen) atoms. The van der Waals surface area contributed by atoms with E-state index in [1.54, 1.807) is 0 Å². The number of rotatable bonds is 1. The standard InChI is InChI=1S/C10H7ClN6/c11-9-8(12)10(14-5-13-9)17-7-4-2-1-3-6(7)15-16-17/h1-5H,12H2. The van der Waals surface area contributed by atoms with Gasteiger partial charge in [0.05, 0.1) is 5.52 Å². The summed E-state index contributed by atoms with van der Waals surface area (Å²) in [4.78, 5) is 7.87. The average Bonchev–Trinajstić information content (AvgIpc) is 2.77. The normalized spacial score (nSPS) is 10.9. The van der Waals surface area contributed by atoms with Gasteiger partial charge in [-0.1, -0.05) is 28.9 Å². The van der Waals surface area contributed by atoms with E-state index < -0.39 is 0 Å². The molecule has 0 unspecified atom stereocenters. The lowest BCUT2D eigenvalue weighted by molar-refractivity contribution is 0.799. The number of nitrogens with two attached hydrogens (primary N) is 1. The highest BCUT2D eigenvalue weighted by Crippen LogP contribution is 2.23. The van der Waals surface area contributed by atoms with Crippen LogP contribution in [0.15, 0.2) is 30.6 Å². The van der Waals surface area contributed by atoms with Crippen LogP contribution in [0.5, 0.6) is 0 Å². The van der Waals surface area contributed by atoms with Crippen molar-refractivity contribution in [2.45, 2.75) is 0 Å². The maximum absolute atomic E-state index is 5.84. The molecule has 0 spiro atoms. The molecule has 0 saturated heterocycles. The molecule has 0 bridgehead atoms. The van der Waals surface area contributed by atoms with Crippen molar-refractivity contribution in [3.63, 3.8) is 0 Å². The number of fused-ring (bicyclic) bond motifs is 1. The predicted molar refractivity (Wildman–Crippen MR) is 63.9 cm³/mol. The van der Waals surface area contributed by atoms with Gasteiger partial charge in [0.15, 0.2) is 11.0 Å². The first-order chi connectivity index (χ1) is 8.27. The second-order valence-corrected chi connectivity index (χ2v) is 3.75. The zero-order valence-corrected chi connectivity index (χ0v) is 9.33. The molecule has 84 valence electrons. The molecular formula is C10H7ClN6. The highest BCUT2D eigenvalue weighted by Gasteiger charge is 2.12. The van der Waals surface area contributed by atoms with Gasteiger partial charge < -0.3 is 5.73 Å². The molecule has 0 fully saturated rings. The number of hydrogen-bond acceptors (Lipinski definition) is 5. The Balaban J connectivity index is 2.31. The minimum atomic E-state index is 0.203. The molecule has 0 aliphatic rings. The molecule has 2 N–H and O–H groups in total. The van der Waals surface area contributed by atoms with Gasteiger partial charge in [0, 0.05) is 0 Å². The fraction of sp³-hybridized carbons (Fsp3) is 0. The van der Waals surface area contributed by atoms with Crippen molar-refractivity contribution >= 4 is 28.3 Å². The van der Waals surface area contributed by atoms with Crippen LogP contribution in [0, 0.1) is 0 Å². The first-order valence-electron chi connectivity index (χ1n) is 4.84. The van der Waals surface area contributed by atoms with Crippen LogP contribution in [0.25, 0.3) is 16.9 Å². The van der Waals surface area contributed by atoms with Crippen molar-refractivity contribution in [1.82, 2.24) is 25.0 Å². The van der Waals surface area contributed by atoms with Gasteiger partial charge in [-0.3, -0.25) is 0 Å². The van der Waals surface area contributed by atoms with Crippen LogP contribution in [-0.2, 0) is 0 Å². The van der Waals surface area contributed by atoms with Gasteiger partial charge in [-0.15, -0.1) is 5.10 Å². The maximum atomic E-state index is 5.84. The summed E-state index contributed by atoms with van der Waals surface area (Å²) in [6.07, 6.45) is 1.34. The Bertz CT molecular complexity index is 692. The van der Waals surface area contributed by atoms with E-state index in [0.29, 0.717) is 5.82 Å². The van der Waals surface area contributed by atoms with Gasteiger partial charge in [-0.2, -0.15) is 4.68 Å². The van der Waals surface area contributed by atoms with Crippen LogP contribution < -0.4 is 5.73 Å². The molecule has 3 rings (SSSR count). The monoisotopic (exact) mass is 246 g/mol. The number of anilines is 1. The van der Waals surface area contributed by atoms with Crippen LogP contribution in [0.1, 0.15) is 0 Å². The van der Waals surface area contributed by atoms with E-state index in [-0.39, 0.29) is 10.8 Å². The van der Waals surface area contributed by atoms with Crippen molar-refractivity contribution < 1.29 is 0 Å². The van der Waals surface area contributed by atoms with Crippen LogP contribution in [0.2, 0.25) is 5.15 Å². The van der Waals surface area contributed by atoms with Gasteiger partial charge in [0.25, 0.3) is 0 Å². The number of aromatic nitrogens is 5. The summed E-state index contributed by atoms with van der Waals surface area (Å²) < 4.78 is 1.54. The van der Waals surface area contributed by atoms with Crippen LogP contribution in [0.4, 0.5) is 5.69 Å². The second-order valence-electron chi connectivity index (χ2n) is 3.39. The molecule has 2 aromatic heterocycles. The number of hydrogen-bond donors (Lipinski definition) is 1.